The lowest BCUT2D eigenvalue weighted by Gasteiger charge is -2.08. The highest BCUT2D eigenvalue weighted by Gasteiger charge is 2.17. The first-order valence-electron chi connectivity index (χ1n) is 6.14. The van der Waals surface area contributed by atoms with Gasteiger partial charge in [0.05, 0.1) is 5.52 Å². The van der Waals surface area contributed by atoms with Crippen molar-refractivity contribution in [3.05, 3.63) is 70.1 Å². The van der Waals surface area contributed by atoms with Crippen LogP contribution in [0.1, 0.15) is 15.9 Å². The molecule has 0 atom stereocenters. The number of halogens is 2. The SMILES string of the molecule is O=C(c1ccc(F)cc1)c1c(Br)cnc2cc(O)ccc12. The van der Waals surface area contributed by atoms with Gasteiger partial charge in [0.25, 0.3) is 0 Å². The van der Waals surface area contributed by atoms with Crippen molar-refractivity contribution < 1.29 is 14.3 Å². The zero-order chi connectivity index (χ0) is 15.0. The number of carbonyl (C=O) groups is 1. The predicted molar refractivity (Wildman–Crippen MR) is 80.9 cm³/mol. The van der Waals surface area contributed by atoms with Crippen LogP contribution in [0.2, 0.25) is 0 Å². The predicted octanol–water partition coefficient (Wildman–Crippen LogP) is 4.07. The van der Waals surface area contributed by atoms with Gasteiger partial charge in [-0.15, -0.1) is 0 Å². The normalized spacial score (nSPS) is 10.8. The highest BCUT2D eigenvalue weighted by Crippen LogP contribution is 2.29. The lowest BCUT2D eigenvalue weighted by atomic mass is 10.00. The second-order valence-corrected chi connectivity index (χ2v) is 5.37. The van der Waals surface area contributed by atoms with Crippen molar-refractivity contribution in [3.63, 3.8) is 0 Å². The Kier molecular flexibility index (Phi) is 3.43. The molecule has 2 aromatic carbocycles. The van der Waals surface area contributed by atoms with Gasteiger partial charge in [-0.2, -0.15) is 0 Å². The minimum absolute atomic E-state index is 0.0810. The number of rotatable bonds is 2. The van der Waals surface area contributed by atoms with E-state index in [1.165, 1.54) is 42.6 Å². The number of carbonyl (C=O) groups excluding carboxylic acids is 1. The topological polar surface area (TPSA) is 50.2 Å². The molecule has 1 heterocycles. The molecule has 0 aliphatic heterocycles. The van der Waals surface area contributed by atoms with Crippen LogP contribution in [0.4, 0.5) is 4.39 Å². The quantitative estimate of drug-likeness (QED) is 0.712. The van der Waals surface area contributed by atoms with E-state index in [9.17, 15) is 14.3 Å². The third-order valence-electron chi connectivity index (χ3n) is 3.14. The average molecular weight is 346 g/mol. The lowest BCUT2D eigenvalue weighted by molar-refractivity contribution is 0.103. The van der Waals surface area contributed by atoms with Crippen LogP contribution < -0.4 is 0 Å². The molecule has 3 nitrogen and oxygen atoms in total. The van der Waals surface area contributed by atoms with Gasteiger partial charge in [0, 0.05) is 33.2 Å². The fourth-order valence-corrected chi connectivity index (χ4v) is 2.63. The van der Waals surface area contributed by atoms with Crippen LogP contribution in [0, 0.1) is 5.82 Å². The van der Waals surface area contributed by atoms with E-state index in [0.29, 0.717) is 26.5 Å². The number of aromatic nitrogens is 1. The third kappa shape index (κ3) is 2.52. The molecule has 3 aromatic rings. The minimum atomic E-state index is -0.393. The van der Waals surface area contributed by atoms with Crippen molar-refractivity contribution in [1.29, 1.82) is 0 Å². The molecule has 0 saturated heterocycles. The maximum Gasteiger partial charge on any atom is 0.194 e. The van der Waals surface area contributed by atoms with Gasteiger partial charge in [0.2, 0.25) is 0 Å². The zero-order valence-corrected chi connectivity index (χ0v) is 12.3. The first kappa shape index (κ1) is 13.7. The van der Waals surface area contributed by atoms with E-state index >= 15 is 0 Å². The maximum absolute atomic E-state index is 13.0. The van der Waals surface area contributed by atoms with E-state index in [1.807, 2.05) is 0 Å². The van der Waals surface area contributed by atoms with E-state index in [2.05, 4.69) is 20.9 Å². The van der Waals surface area contributed by atoms with Gasteiger partial charge >= 0.3 is 0 Å². The van der Waals surface area contributed by atoms with Crippen LogP contribution in [0.15, 0.2) is 53.1 Å². The van der Waals surface area contributed by atoms with Crippen LogP contribution in [0.25, 0.3) is 10.9 Å². The number of aromatic hydroxyl groups is 1. The number of nitrogens with zero attached hydrogens (tertiary/aromatic N) is 1. The Morgan fingerprint density at radius 3 is 2.57 bits per heavy atom. The van der Waals surface area contributed by atoms with Crippen molar-refractivity contribution >= 4 is 32.6 Å². The van der Waals surface area contributed by atoms with Gasteiger partial charge < -0.3 is 5.11 Å². The van der Waals surface area contributed by atoms with Crippen LogP contribution in [-0.4, -0.2) is 15.9 Å². The van der Waals surface area contributed by atoms with Crippen LogP contribution in [-0.2, 0) is 0 Å². The standard InChI is InChI=1S/C16H9BrFNO2/c17-13-8-19-14-7-11(20)5-6-12(14)15(13)16(21)9-1-3-10(18)4-2-9/h1-8,20H. The molecule has 0 saturated carbocycles. The fraction of sp³-hybridized carbons (Fsp3) is 0. The van der Waals surface area contributed by atoms with Crippen LogP contribution >= 0.6 is 15.9 Å². The number of ketones is 1. The molecule has 0 bridgehead atoms. The molecule has 1 aromatic heterocycles. The Morgan fingerprint density at radius 2 is 1.86 bits per heavy atom. The molecule has 0 fully saturated rings. The summed E-state index contributed by atoms with van der Waals surface area (Å²) in [6, 6.07) is 10.0. The number of fused-ring (bicyclic) bond motifs is 1. The summed E-state index contributed by atoms with van der Waals surface area (Å²) in [5, 5.41) is 10.1. The molecule has 3 rings (SSSR count). The average Bonchev–Trinajstić information content (AvgIpc) is 2.47. The Bertz CT molecular complexity index is 847. The van der Waals surface area contributed by atoms with Gasteiger partial charge in [0.1, 0.15) is 11.6 Å². The first-order valence-corrected chi connectivity index (χ1v) is 6.93. The van der Waals surface area contributed by atoms with Gasteiger partial charge in [-0.05, 0) is 52.3 Å². The summed E-state index contributed by atoms with van der Waals surface area (Å²) in [4.78, 5) is 16.8. The van der Waals surface area contributed by atoms with E-state index in [-0.39, 0.29) is 11.5 Å². The Balaban J connectivity index is 2.21. The van der Waals surface area contributed by atoms with E-state index in [4.69, 9.17) is 0 Å². The summed E-state index contributed by atoms with van der Waals surface area (Å²) < 4.78 is 13.5. The minimum Gasteiger partial charge on any atom is -0.508 e. The van der Waals surface area contributed by atoms with E-state index < -0.39 is 5.82 Å². The monoisotopic (exact) mass is 345 g/mol. The number of phenolic OH excluding ortho intramolecular Hbond substituents is 1. The molecule has 21 heavy (non-hydrogen) atoms. The van der Waals surface area contributed by atoms with E-state index in [0.717, 1.165) is 0 Å². The van der Waals surface area contributed by atoms with Gasteiger partial charge in [-0.1, -0.05) is 0 Å². The van der Waals surface area contributed by atoms with Crippen molar-refractivity contribution in [3.8, 4) is 5.75 Å². The Hall–Kier alpha value is -2.27. The lowest BCUT2D eigenvalue weighted by Crippen LogP contribution is -2.04. The number of pyridine rings is 1. The van der Waals surface area contributed by atoms with Crippen molar-refractivity contribution in [2.24, 2.45) is 0 Å². The summed E-state index contributed by atoms with van der Waals surface area (Å²) in [7, 11) is 0. The molecule has 0 aliphatic rings. The van der Waals surface area contributed by atoms with Gasteiger partial charge in [0.15, 0.2) is 5.78 Å². The number of hydrogen-bond donors (Lipinski definition) is 1. The summed E-state index contributed by atoms with van der Waals surface area (Å²) in [5.41, 5.74) is 1.34. The van der Waals surface area contributed by atoms with Crippen LogP contribution in [0.5, 0.6) is 5.75 Å². The molecule has 104 valence electrons. The molecule has 0 aliphatic carbocycles. The molecular weight excluding hydrogens is 337 g/mol. The van der Waals surface area contributed by atoms with Crippen molar-refractivity contribution in [2.75, 3.05) is 0 Å². The van der Waals surface area contributed by atoms with Gasteiger partial charge in [-0.25, -0.2) is 4.39 Å². The first-order chi connectivity index (χ1) is 10.1. The molecule has 0 spiro atoms. The fourth-order valence-electron chi connectivity index (χ4n) is 2.13. The summed E-state index contributed by atoms with van der Waals surface area (Å²) in [5.74, 6) is -0.549. The van der Waals surface area contributed by atoms with Crippen molar-refractivity contribution in [1.82, 2.24) is 4.98 Å². The summed E-state index contributed by atoms with van der Waals surface area (Å²) in [6.07, 6.45) is 1.51. The van der Waals surface area contributed by atoms with E-state index in [1.54, 1.807) is 6.07 Å². The second-order valence-electron chi connectivity index (χ2n) is 4.52. The molecule has 0 unspecified atom stereocenters. The number of phenols is 1. The largest absolute Gasteiger partial charge is 0.508 e. The Labute approximate surface area is 128 Å². The Morgan fingerprint density at radius 1 is 1.14 bits per heavy atom. The zero-order valence-electron chi connectivity index (χ0n) is 10.7. The van der Waals surface area contributed by atoms with Crippen LogP contribution in [0.3, 0.4) is 0 Å². The smallest absolute Gasteiger partial charge is 0.194 e. The molecule has 5 heteroatoms. The molecule has 0 radical (unpaired) electrons. The second kappa shape index (κ2) is 5.26. The van der Waals surface area contributed by atoms with Crippen molar-refractivity contribution in [2.45, 2.75) is 0 Å². The molecule has 0 amide bonds. The maximum atomic E-state index is 13.0. The summed E-state index contributed by atoms with van der Waals surface area (Å²) >= 11 is 3.33. The number of hydrogen-bond acceptors (Lipinski definition) is 3. The number of benzene rings is 2. The molecule has 1 N–H and O–H groups in total. The third-order valence-corrected chi connectivity index (χ3v) is 3.74. The summed E-state index contributed by atoms with van der Waals surface area (Å²) in [6.45, 7) is 0. The highest BCUT2D eigenvalue weighted by molar-refractivity contribution is 9.10. The van der Waals surface area contributed by atoms with Gasteiger partial charge in [-0.3, -0.25) is 9.78 Å². The molecular formula is C16H9BrFNO2. The highest BCUT2D eigenvalue weighted by atomic mass is 79.9.